The highest BCUT2D eigenvalue weighted by atomic mass is 15.0. The maximum atomic E-state index is 5.05. The summed E-state index contributed by atoms with van der Waals surface area (Å²) >= 11 is 0. The van der Waals surface area contributed by atoms with Gasteiger partial charge in [-0.3, -0.25) is 4.98 Å². The summed E-state index contributed by atoms with van der Waals surface area (Å²) in [6.07, 6.45) is 1.89. The van der Waals surface area contributed by atoms with Crippen molar-refractivity contribution in [2.24, 2.45) is 0 Å². The Morgan fingerprint density at radius 1 is 0.308 bits per heavy atom. The number of nitrogens with zero attached hydrogens (tertiary/aromatic N) is 4. The average molecular weight is 853 g/mol. The van der Waals surface area contributed by atoms with E-state index in [1.165, 1.54) is 50.1 Å². The summed E-state index contributed by atoms with van der Waals surface area (Å²) in [5.74, 6) is 1.85. The molecule has 4 nitrogen and oxygen atoms in total. The van der Waals surface area contributed by atoms with Crippen molar-refractivity contribution in [1.29, 1.82) is 0 Å². The molecular formula is C61H64N4. The summed E-state index contributed by atoms with van der Waals surface area (Å²) in [6.45, 7) is 29.2. The zero-order valence-electron chi connectivity index (χ0n) is 40.7. The van der Waals surface area contributed by atoms with Gasteiger partial charge in [-0.1, -0.05) is 198 Å². The molecule has 0 aliphatic heterocycles. The first-order valence-corrected chi connectivity index (χ1v) is 23.0. The maximum Gasteiger partial charge on any atom is 0.165 e. The molecule has 0 aliphatic carbocycles. The minimum atomic E-state index is 0.0412. The summed E-state index contributed by atoms with van der Waals surface area (Å²) < 4.78 is 0. The van der Waals surface area contributed by atoms with Crippen LogP contribution in [0.1, 0.15) is 111 Å². The van der Waals surface area contributed by atoms with Gasteiger partial charge in [0.2, 0.25) is 0 Å². The topological polar surface area (TPSA) is 51.6 Å². The molecule has 0 bridgehead atoms. The highest BCUT2D eigenvalue weighted by Gasteiger charge is 2.20. The van der Waals surface area contributed by atoms with Crippen LogP contribution in [0.5, 0.6) is 0 Å². The molecule has 0 amide bonds. The van der Waals surface area contributed by atoms with Crippen LogP contribution in [-0.2, 0) is 21.7 Å². The first-order chi connectivity index (χ1) is 30.6. The molecule has 0 N–H and O–H groups in total. The molecular weight excluding hydrogens is 789 g/mol. The normalized spacial score (nSPS) is 12.4. The lowest BCUT2D eigenvalue weighted by Crippen LogP contribution is -2.10. The van der Waals surface area contributed by atoms with Gasteiger partial charge < -0.3 is 0 Å². The first kappa shape index (κ1) is 45.1. The largest absolute Gasteiger partial charge is 0.255 e. The first-order valence-electron chi connectivity index (χ1n) is 23.0. The summed E-state index contributed by atoms with van der Waals surface area (Å²) in [6, 6.07) is 53.0. The fourth-order valence-electron chi connectivity index (χ4n) is 8.34. The van der Waals surface area contributed by atoms with Gasteiger partial charge in [0, 0.05) is 28.5 Å². The molecule has 4 heteroatoms. The van der Waals surface area contributed by atoms with E-state index < -0.39 is 0 Å². The molecule has 65 heavy (non-hydrogen) atoms. The van der Waals surface area contributed by atoms with Crippen molar-refractivity contribution in [3.05, 3.63) is 180 Å². The van der Waals surface area contributed by atoms with E-state index in [4.69, 9.17) is 19.9 Å². The lowest BCUT2D eigenvalue weighted by Gasteiger charge is -2.21. The number of benzene rings is 6. The highest BCUT2D eigenvalue weighted by molar-refractivity contribution is 5.86. The van der Waals surface area contributed by atoms with Crippen LogP contribution < -0.4 is 0 Å². The maximum absolute atomic E-state index is 5.05. The Balaban J connectivity index is 1.17. The second-order valence-electron chi connectivity index (χ2n) is 21.8. The van der Waals surface area contributed by atoms with Crippen LogP contribution in [0.2, 0.25) is 0 Å². The van der Waals surface area contributed by atoms with E-state index in [0.717, 1.165) is 39.1 Å². The van der Waals surface area contributed by atoms with Crippen molar-refractivity contribution in [1.82, 2.24) is 19.9 Å². The Morgan fingerprint density at radius 3 is 1.00 bits per heavy atom. The van der Waals surface area contributed by atoms with Gasteiger partial charge in [0.15, 0.2) is 17.5 Å². The van der Waals surface area contributed by atoms with Gasteiger partial charge in [0.1, 0.15) is 0 Å². The monoisotopic (exact) mass is 853 g/mol. The van der Waals surface area contributed by atoms with Crippen molar-refractivity contribution in [2.45, 2.75) is 112 Å². The fraction of sp³-hybridized carbons (Fsp3) is 0.279. The molecule has 8 aromatic rings. The van der Waals surface area contributed by atoms with Gasteiger partial charge in [0.25, 0.3) is 0 Å². The number of pyridine rings is 1. The molecule has 6 aromatic carbocycles. The quantitative estimate of drug-likeness (QED) is 0.160. The molecule has 0 radical (unpaired) electrons. The SMILES string of the molecule is Cc1c(-c2ccc(C(C)(C)C)cc2)cc(-c2cccc(-c3ccc(-c4nc(-c5ccc(C(C)(C)C)cc5)nc(-c5ccc(C(C)(C)C)cc5)n4)cn3)c2)cc1-c1ccc(C(C)(C)C)cc1. The van der Waals surface area contributed by atoms with Crippen molar-refractivity contribution in [2.75, 3.05) is 0 Å². The molecule has 0 unspecified atom stereocenters. The van der Waals surface area contributed by atoms with Gasteiger partial charge >= 0.3 is 0 Å². The summed E-state index contributed by atoms with van der Waals surface area (Å²) in [7, 11) is 0. The number of aromatic nitrogens is 4. The summed E-state index contributed by atoms with van der Waals surface area (Å²) in [4.78, 5) is 20.2. The van der Waals surface area contributed by atoms with E-state index >= 15 is 0 Å². The predicted molar refractivity (Wildman–Crippen MR) is 275 cm³/mol. The lowest BCUT2D eigenvalue weighted by molar-refractivity contribution is 0.590. The zero-order valence-corrected chi connectivity index (χ0v) is 40.7. The Labute approximate surface area is 388 Å². The Hall–Kier alpha value is -6.52. The lowest BCUT2D eigenvalue weighted by atomic mass is 9.83. The third-order valence-corrected chi connectivity index (χ3v) is 12.7. The highest BCUT2D eigenvalue weighted by Crippen LogP contribution is 2.39. The Kier molecular flexibility index (Phi) is 11.9. The van der Waals surface area contributed by atoms with Gasteiger partial charge in [-0.15, -0.1) is 0 Å². The molecule has 0 spiro atoms. The van der Waals surface area contributed by atoms with E-state index in [0.29, 0.717) is 17.5 Å². The Morgan fingerprint density at radius 2 is 0.646 bits per heavy atom. The van der Waals surface area contributed by atoms with Crippen LogP contribution in [0.25, 0.3) is 78.8 Å². The van der Waals surface area contributed by atoms with E-state index in [-0.39, 0.29) is 21.7 Å². The average Bonchev–Trinajstić information content (AvgIpc) is 3.28. The molecule has 0 aliphatic rings. The Bertz CT molecular complexity index is 2790. The molecule has 328 valence electrons. The van der Waals surface area contributed by atoms with E-state index in [1.54, 1.807) is 0 Å². The van der Waals surface area contributed by atoms with Crippen LogP contribution in [0, 0.1) is 6.92 Å². The molecule has 2 aromatic heterocycles. The molecule has 8 rings (SSSR count). The summed E-state index contributed by atoms with van der Waals surface area (Å²) in [5.41, 5.74) is 18.5. The third-order valence-electron chi connectivity index (χ3n) is 12.7. The van der Waals surface area contributed by atoms with Crippen LogP contribution in [-0.4, -0.2) is 19.9 Å². The van der Waals surface area contributed by atoms with Crippen molar-refractivity contribution < 1.29 is 0 Å². The van der Waals surface area contributed by atoms with Crippen molar-refractivity contribution in [3.8, 4) is 78.8 Å². The number of rotatable bonds is 7. The zero-order chi connectivity index (χ0) is 46.5. The number of hydrogen-bond acceptors (Lipinski definition) is 4. The van der Waals surface area contributed by atoms with Crippen LogP contribution >= 0.6 is 0 Å². The molecule has 0 fully saturated rings. The number of hydrogen-bond donors (Lipinski definition) is 0. The van der Waals surface area contributed by atoms with E-state index in [1.807, 2.05) is 6.20 Å². The van der Waals surface area contributed by atoms with Gasteiger partial charge in [-0.05, 0) is 120 Å². The third kappa shape index (κ3) is 9.93. The van der Waals surface area contributed by atoms with E-state index in [2.05, 4.69) is 236 Å². The predicted octanol–water partition coefficient (Wildman–Crippen LogP) is 16.4. The van der Waals surface area contributed by atoms with Crippen LogP contribution in [0.4, 0.5) is 0 Å². The van der Waals surface area contributed by atoms with Gasteiger partial charge in [-0.25, -0.2) is 15.0 Å². The molecule has 0 saturated carbocycles. The smallest absolute Gasteiger partial charge is 0.165 e. The minimum absolute atomic E-state index is 0.0412. The van der Waals surface area contributed by atoms with Crippen LogP contribution in [0.3, 0.4) is 0 Å². The second-order valence-corrected chi connectivity index (χ2v) is 21.8. The molecule has 2 heterocycles. The van der Waals surface area contributed by atoms with E-state index in [9.17, 15) is 0 Å². The second kappa shape index (κ2) is 17.1. The molecule has 0 atom stereocenters. The van der Waals surface area contributed by atoms with Crippen molar-refractivity contribution >= 4 is 0 Å². The fourth-order valence-corrected chi connectivity index (χ4v) is 8.34. The molecule has 0 saturated heterocycles. The minimum Gasteiger partial charge on any atom is -0.255 e. The van der Waals surface area contributed by atoms with Gasteiger partial charge in [0.05, 0.1) is 5.69 Å². The standard InChI is InChI=1S/C61H64N4/c1-39-52(40-17-26-48(27-18-40)58(2,3)4)36-47(37-53(39)41-19-28-49(29-20-41)59(5,6)7)44-15-14-16-45(35-44)54-34-25-46(38-62-54)57-64-55(42-21-30-50(31-22-42)60(8,9)10)63-56(65-57)43-23-32-51(33-24-43)61(11,12)13/h14-38H,1-13H3. The van der Waals surface area contributed by atoms with Crippen molar-refractivity contribution in [3.63, 3.8) is 0 Å². The van der Waals surface area contributed by atoms with Gasteiger partial charge in [-0.2, -0.15) is 0 Å². The van der Waals surface area contributed by atoms with Crippen LogP contribution in [0.15, 0.2) is 152 Å². The summed E-state index contributed by atoms with van der Waals surface area (Å²) in [5, 5.41) is 0.